The molecular formula is C23H20F3N3O6S. The Morgan fingerprint density at radius 2 is 1.72 bits per heavy atom. The molecule has 0 unspecified atom stereocenters. The Morgan fingerprint density at radius 3 is 2.31 bits per heavy atom. The van der Waals surface area contributed by atoms with Crippen LogP contribution in [0.2, 0.25) is 0 Å². The molecule has 3 aromatic carbocycles. The van der Waals surface area contributed by atoms with Crippen LogP contribution in [0.15, 0.2) is 71.6 Å². The van der Waals surface area contributed by atoms with Crippen molar-refractivity contribution in [3.63, 3.8) is 0 Å². The maximum Gasteiger partial charge on any atom is 0.418 e. The zero-order valence-corrected chi connectivity index (χ0v) is 19.8. The minimum Gasteiger partial charge on any atom is -0.497 e. The molecule has 0 atom stereocenters. The largest absolute Gasteiger partial charge is 0.497 e. The Hall–Kier alpha value is -4.13. The number of alkyl halides is 3. The quantitative estimate of drug-likeness (QED) is 0.336. The van der Waals surface area contributed by atoms with E-state index in [1.165, 1.54) is 50.4 Å². The van der Waals surface area contributed by atoms with Crippen LogP contribution in [0.4, 0.5) is 30.2 Å². The third-order valence-corrected chi connectivity index (χ3v) is 6.89. The third-order valence-electron chi connectivity index (χ3n) is 5.12. The van der Waals surface area contributed by atoms with E-state index in [2.05, 4.69) is 5.32 Å². The number of ether oxygens (including phenoxy) is 1. The molecule has 9 nitrogen and oxygen atoms in total. The van der Waals surface area contributed by atoms with Gasteiger partial charge in [0, 0.05) is 11.6 Å². The number of halogens is 3. The Bertz CT molecular complexity index is 1390. The van der Waals surface area contributed by atoms with Crippen LogP contribution in [0.25, 0.3) is 0 Å². The molecule has 0 saturated carbocycles. The van der Waals surface area contributed by atoms with Crippen molar-refractivity contribution in [3.05, 3.63) is 88.0 Å². The number of nitro benzene ring substituents is 1. The van der Waals surface area contributed by atoms with E-state index in [4.69, 9.17) is 4.74 Å². The summed E-state index contributed by atoms with van der Waals surface area (Å²) in [5, 5.41) is 13.4. The first-order valence-corrected chi connectivity index (χ1v) is 11.7. The number of amides is 1. The first-order chi connectivity index (χ1) is 16.8. The van der Waals surface area contributed by atoms with Gasteiger partial charge < -0.3 is 10.1 Å². The molecule has 1 N–H and O–H groups in total. The molecule has 190 valence electrons. The van der Waals surface area contributed by atoms with Crippen molar-refractivity contribution in [1.82, 2.24) is 0 Å². The Kier molecular flexibility index (Phi) is 7.53. The van der Waals surface area contributed by atoms with Gasteiger partial charge >= 0.3 is 6.18 Å². The number of hydrogen-bond donors (Lipinski definition) is 1. The molecule has 13 heteroatoms. The minimum absolute atomic E-state index is 0.0155. The molecule has 0 fully saturated rings. The van der Waals surface area contributed by atoms with Crippen molar-refractivity contribution >= 4 is 33.0 Å². The van der Waals surface area contributed by atoms with Crippen LogP contribution in [0, 0.1) is 17.0 Å². The standard InChI is InChI=1S/C23H20F3N3O6S/c1-15-7-12-18(13-21(15)29(31)32)36(33,34)28(16-8-10-17(35-2)11-9-16)14-22(30)27-20-6-4-3-5-19(20)23(24,25)26/h3-13H,14H2,1-2H3,(H,27,30). The summed E-state index contributed by atoms with van der Waals surface area (Å²) in [7, 11) is -3.18. The topological polar surface area (TPSA) is 119 Å². The highest BCUT2D eigenvalue weighted by Gasteiger charge is 2.34. The first-order valence-electron chi connectivity index (χ1n) is 10.2. The number of methoxy groups -OCH3 is 1. The van der Waals surface area contributed by atoms with Crippen molar-refractivity contribution in [2.75, 3.05) is 23.3 Å². The summed E-state index contributed by atoms with van der Waals surface area (Å²) in [6.45, 7) is 0.518. The van der Waals surface area contributed by atoms with E-state index < -0.39 is 55.4 Å². The number of hydrogen-bond acceptors (Lipinski definition) is 6. The van der Waals surface area contributed by atoms with Crippen LogP contribution in [0.3, 0.4) is 0 Å². The lowest BCUT2D eigenvalue weighted by molar-refractivity contribution is -0.385. The number of aryl methyl sites for hydroxylation is 1. The lowest BCUT2D eigenvalue weighted by Gasteiger charge is -2.24. The van der Waals surface area contributed by atoms with Crippen molar-refractivity contribution in [1.29, 1.82) is 0 Å². The second-order valence-corrected chi connectivity index (χ2v) is 9.37. The van der Waals surface area contributed by atoms with Crippen LogP contribution in [-0.4, -0.2) is 32.9 Å². The second-order valence-electron chi connectivity index (χ2n) is 7.51. The van der Waals surface area contributed by atoms with Gasteiger partial charge in [-0.3, -0.25) is 19.2 Å². The Morgan fingerprint density at radius 1 is 1.08 bits per heavy atom. The van der Waals surface area contributed by atoms with Gasteiger partial charge in [-0.25, -0.2) is 8.42 Å². The smallest absolute Gasteiger partial charge is 0.418 e. The van der Waals surface area contributed by atoms with E-state index in [1.807, 2.05) is 0 Å². The minimum atomic E-state index is -4.76. The molecule has 3 rings (SSSR count). The molecular weight excluding hydrogens is 503 g/mol. The summed E-state index contributed by atoms with van der Waals surface area (Å²) in [6.07, 6.45) is -4.76. The van der Waals surface area contributed by atoms with Crippen molar-refractivity contribution in [2.45, 2.75) is 18.0 Å². The van der Waals surface area contributed by atoms with Gasteiger partial charge in [-0.1, -0.05) is 18.2 Å². The van der Waals surface area contributed by atoms with E-state index in [9.17, 15) is 36.5 Å². The number of carbonyl (C=O) groups is 1. The predicted octanol–water partition coefficient (Wildman–Crippen LogP) is 4.76. The molecule has 0 saturated heterocycles. The highest BCUT2D eigenvalue weighted by Crippen LogP contribution is 2.35. The number of nitrogens with one attached hydrogen (secondary N) is 1. The van der Waals surface area contributed by atoms with Gasteiger partial charge in [-0.15, -0.1) is 0 Å². The summed E-state index contributed by atoms with van der Waals surface area (Å²) in [5.74, 6) is -0.682. The molecule has 1 amide bonds. The molecule has 0 bridgehead atoms. The highest BCUT2D eigenvalue weighted by atomic mass is 32.2. The predicted molar refractivity (Wildman–Crippen MR) is 125 cm³/mol. The number of sulfonamides is 1. The SMILES string of the molecule is COc1ccc(N(CC(=O)Nc2ccccc2C(F)(F)F)S(=O)(=O)c2ccc(C)c([N+](=O)[O-])c2)cc1. The maximum atomic E-state index is 13.5. The van der Waals surface area contributed by atoms with E-state index in [1.54, 1.807) is 0 Å². The van der Waals surface area contributed by atoms with E-state index >= 15 is 0 Å². The normalized spacial score (nSPS) is 11.6. The van der Waals surface area contributed by atoms with Crippen LogP contribution in [0.1, 0.15) is 11.1 Å². The number of para-hydroxylation sites is 1. The maximum absolute atomic E-state index is 13.5. The van der Waals surface area contributed by atoms with Gasteiger partial charge in [0.2, 0.25) is 5.91 Å². The average Bonchev–Trinajstić information content (AvgIpc) is 2.82. The lowest BCUT2D eigenvalue weighted by atomic mass is 10.1. The fraction of sp³-hybridized carbons (Fsp3) is 0.174. The summed E-state index contributed by atoms with van der Waals surface area (Å²) < 4.78 is 72.7. The van der Waals surface area contributed by atoms with E-state index in [-0.39, 0.29) is 11.3 Å². The monoisotopic (exact) mass is 523 g/mol. The van der Waals surface area contributed by atoms with Gasteiger partial charge in [-0.2, -0.15) is 13.2 Å². The molecule has 0 radical (unpaired) electrons. The first kappa shape index (κ1) is 26.5. The number of rotatable bonds is 8. The van der Waals surface area contributed by atoms with Gasteiger partial charge in [0.1, 0.15) is 12.3 Å². The summed E-state index contributed by atoms with van der Waals surface area (Å²) in [5.41, 5.74) is -1.90. The summed E-state index contributed by atoms with van der Waals surface area (Å²) in [6, 6.07) is 13.0. The Labute approximate surface area is 204 Å². The van der Waals surface area contributed by atoms with Crippen LogP contribution in [-0.2, 0) is 21.0 Å². The molecule has 0 spiro atoms. The fourth-order valence-electron chi connectivity index (χ4n) is 3.30. The number of carbonyl (C=O) groups excluding carboxylic acids is 1. The lowest BCUT2D eigenvalue weighted by Crippen LogP contribution is -2.38. The van der Waals surface area contributed by atoms with Crippen LogP contribution >= 0.6 is 0 Å². The van der Waals surface area contributed by atoms with E-state index in [0.717, 1.165) is 30.3 Å². The summed E-state index contributed by atoms with van der Waals surface area (Å²) >= 11 is 0. The van der Waals surface area contributed by atoms with Gasteiger partial charge in [0.05, 0.1) is 33.9 Å². The number of benzene rings is 3. The molecule has 3 aromatic rings. The average molecular weight is 523 g/mol. The number of nitro groups is 1. The molecule has 0 aliphatic rings. The second kappa shape index (κ2) is 10.2. The van der Waals surface area contributed by atoms with E-state index in [0.29, 0.717) is 10.1 Å². The number of anilines is 2. The van der Waals surface area contributed by atoms with Crippen LogP contribution in [0.5, 0.6) is 5.75 Å². The van der Waals surface area contributed by atoms with Gasteiger partial charge in [0.25, 0.3) is 15.7 Å². The molecule has 0 aliphatic heterocycles. The highest BCUT2D eigenvalue weighted by molar-refractivity contribution is 7.92. The number of nitrogens with zero attached hydrogens (tertiary/aromatic N) is 2. The van der Waals surface area contributed by atoms with Gasteiger partial charge in [0.15, 0.2) is 0 Å². The zero-order valence-electron chi connectivity index (χ0n) is 18.9. The summed E-state index contributed by atoms with van der Waals surface area (Å²) in [4.78, 5) is 22.9. The van der Waals surface area contributed by atoms with Crippen LogP contribution < -0.4 is 14.4 Å². The molecule has 36 heavy (non-hydrogen) atoms. The van der Waals surface area contributed by atoms with Crippen molar-refractivity contribution in [3.8, 4) is 5.75 Å². The zero-order chi connectivity index (χ0) is 26.7. The Balaban J connectivity index is 2.03. The van der Waals surface area contributed by atoms with Gasteiger partial charge in [-0.05, 0) is 49.4 Å². The fourth-order valence-corrected chi connectivity index (χ4v) is 4.74. The third kappa shape index (κ3) is 5.74. The van der Waals surface area contributed by atoms with Crippen molar-refractivity contribution in [2.24, 2.45) is 0 Å². The molecule has 0 aromatic heterocycles. The molecule has 0 aliphatic carbocycles. The van der Waals surface area contributed by atoms with Crippen molar-refractivity contribution < 1.29 is 36.0 Å². The molecule has 0 heterocycles.